The van der Waals surface area contributed by atoms with E-state index in [1.165, 1.54) is 11.7 Å². The number of aliphatic hydroxyl groups excluding tert-OH is 1. The summed E-state index contributed by atoms with van der Waals surface area (Å²) in [5, 5.41) is 10.5. The van der Waals surface area contributed by atoms with Gasteiger partial charge in [-0.1, -0.05) is 0 Å². The van der Waals surface area contributed by atoms with Crippen molar-refractivity contribution in [1.82, 2.24) is 9.55 Å². The van der Waals surface area contributed by atoms with Crippen molar-refractivity contribution < 1.29 is 24.1 Å². The van der Waals surface area contributed by atoms with Crippen molar-refractivity contribution in [1.29, 1.82) is 2.67 Å². The summed E-state index contributed by atoms with van der Waals surface area (Å²) in [6.07, 6.45) is -1.80. The number of hydrogen-bond donors (Lipinski definition) is 1. The van der Waals surface area contributed by atoms with E-state index in [-0.39, 0.29) is 19.2 Å². The van der Waals surface area contributed by atoms with E-state index in [1.54, 1.807) is 19.2 Å². The van der Waals surface area contributed by atoms with Crippen LogP contribution >= 0.6 is 11.6 Å². The molecule has 2 rings (SSSR count). The molecule has 1 aromatic rings. The topological polar surface area (TPSA) is 92.0 Å². The molecule has 2 unspecified atom stereocenters. The minimum atomic E-state index is -1.04. The number of hydrogen-bond acceptors (Lipinski definition) is 8. The molecule has 1 saturated heterocycles. The molecule has 4 atom stereocenters. The van der Waals surface area contributed by atoms with E-state index in [1.807, 2.05) is 0 Å². The molecule has 0 aliphatic carbocycles. The summed E-state index contributed by atoms with van der Waals surface area (Å²) in [7, 11) is 0.497. The Morgan fingerprint density at radius 1 is 1.67 bits per heavy atom. The van der Waals surface area contributed by atoms with Gasteiger partial charge in [-0.25, -0.2) is 4.79 Å². The molecule has 0 amide bonds. The van der Waals surface area contributed by atoms with Crippen LogP contribution in [0.25, 0.3) is 0 Å². The third-order valence-corrected chi connectivity index (χ3v) is 3.89. The Kier molecular flexibility index (Phi) is 6.58. The fourth-order valence-corrected chi connectivity index (χ4v) is 2.62. The van der Waals surface area contributed by atoms with Crippen LogP contribution in [0.5, 0.6) is 0 Å². The van der Waals surface area contributed by atoms with Gasteiger partial charge in [0.25, 0.3) is 0 Å². The summed E-state index contributed by atoms with van der Waals surface area (Å²) >= 11 is 0.996. The van der Waals surface area contributed by atoms with Gasteiger partial charge in [-0.2, -0.15) is 16.6 Å². The van der Waals surface area contributed by atoms with Gasteiger partial charge < -0.3 is 24.1 Å². The van der Waals surface area contributed by atoms with E-state index in [0.29, 0.717) is 12.3 Å². The molecule has 1 aliphatic rings. The highest BCUT2D eigenvalue weighted by atomic mass is 32.2. The van der Waals surface area contributed by atoms with E-state index < -0.39 is 37.3 Å². The van der Waals surface area contributed by atoms with E-state index in [2.05, 4.69) is 4.98 Å². The Morgan fingerprint density at radius 3 is 3.21 bits per heavy atom. The summed E-state index contributed by atoms with van der Waals surface area (Å²) in [6.45, 7) is 2.33. The van der Waals surface area contributed by atoms with Crippen LogP contribution in [0.1, 0.15) is 11.9 Å². The summed E-state index contributed by atoms with van der Waals surface area (Å²) in [5.74, 6) is 0.135. The first kappa shape index (κ1) is 16.6. The van der Waals surface area contributed by atoms with Crippen LogP contribution in [-0.4, -0.2) is 75.6 Å². The second kappa shape index (κ2) is 9.55. The Morgan fingerprint density at radius 2 is 2.50 bits per heavy atom. The van der Waals surface area contributed by atoms with Crippen LogP contribution in [0.4, 0.5) is 0 Å². The van der Waals surface area contributed by atoms with Gasteiger partial charge in [0.2, 0.25) is 0 Å². The lowest BCUT2D eigenvalue weighted by Crippen LogP contribution is -2.38. The zero-order chi connectivity index (χ0) is 19.1. The normalized spacial score (nSPS) is 27.8. The Bertz CT molecular complexity index is 625. The molecule has 2 heterocycles. The van der Waals surface area contributed by atoms with Gasteiger partial charge in [0.15, 0.2) is 13.3 Å². The highest BCUT2D eigenvalue weighted by Gasteiger charge is 2.46. The molecule has 1 fully saturated rings. The van der Waals surface area contributed by atoms with Crippen molar-refractivity contribution in [3.63, 3.8) is 0 Å². The maximum atomic E-state index is 12.2. The molecule has 0 spiro atoms. The average molecular weight is 361 g/mol. The monoisotopic (exact) mass is 361 g/mol. The minimum absolute atomic E-state index is 0.0512. The predicted molar refractivity (Wildman–Crippen MR) is 91.7 cm³/mol. The number of methoxy groups -OCH3 is 1. The first-order valence-corrected chi connectivity index (χ1v) is 8.52. The van der Waals surface area contributed by atoms with Gasteiger partial charge in [0.1, 0.15) is 18.3 Å². The number of aryl methyl sites for hydroxylation is 1. The van der Waals surface area contributed by atoms with Gasteiger partial charge >= 0.3 is 5.69 Å². The average Bonchev–Trinajstić information content (AvgIpc) is 2.88. The maximum absolute atomic E-state index is 12.2. The third-order valence-electron chi connectivity index (χ3n) is 3.59. The molecule has 1 aliphatic heterocycles. The number of nitrogens with zero attached hydrogens (tertiary/aromatic N) is 2. The van der Waals surface area contributed by atoms with Crippen LogP contribution < -0.4 is 5.69 Å². The number of ether oxygens (including phenoxy) is 4. The first-order chi connectivity index (χ1) is 12.4. The fraction of sp³-hybridized carbons (Fsp3) is 0.714. The fourth-order valence-electron chi connectivity index (χ4n) is 2.43. The van der Waals surface area contributed by atoms with Crippen molar-refractivity contribution in [2.24, 2.45) is 0 Å². The molecule has 1 aromatic heterocycles. The zero-order valence-electron chi connectivity index (χ0n) is 15.7. The van der Waals surface area contributed by atoms with Crippen molar-refractivity contribution in [3.05, 3.63) is 28.4 Å². The van der Waals surface area contributed by atoms with Crippen molar-refractivity contribution in [2.75, 3.05) is 32.9 Å². The molecule has 10 heteroatoms. The molecular formula is C14H23BN2O6S. The van der Waals surface area contributed by atoms with Crippen LogP contribution in [0.15, 0.2) is 17.1 Å². The van der Waals surface area contributed by atoms with Crippen molar-refractivity contribution in [3.8, 4) is 0 Å². The largest absolute Gasteiger partial charge is 0.387 e. The second-order valence-electron chi connectivity index (χ2n) is 5.30. The smallest absolute Gasteiger partial charge is 0.349 e. The molecule has 134 valence electrons. The number of aromatic nitrogens is 2. The molecule has 0 aromatic carbocycles. The van der Waals surface area contributed by atoms with Gasteiger partial charge in [-0.05, 0) is 15.7 Å². The van der Waals surface area contributed by atoms with E-state index >= 15 is 0 Å². The van der Waals surface area contributed by atoms with Crippen LogP contribution in [0.2, 0.25) is 0 Å². The SMILES string of the molecule is [2H]B([3H])SCOC[C@H]1O[C@@H](n2ccc(C)nc2=O)C(OCCOC)C1O. The summed E-state index contributed by atoms with van der Waals surface area (Å²) in [4.78, 5) is 16.1. The van der Waals surface area contributed by atoms with E-state index in [0.717, 1.165) is 11.6 Å². The van der Waals surface area contributed by atoms with Crippen LogP contribution in [0.3, 0.4) is 0 Å². The molecule has 0 radical (unpaired) electrons. The number of aliphatic hydroxyl groups is 1. The molecule has 1 N–H and O–H groups in total. The summed E-state index contributed by atoms with van der Waals surface area (Å²) in [5.41, 5.74) is 0.0878. The predicted octanol–water partition coefficient (Wildman–Crippen LogP) is -0.903. The lowest BCUT2D eigenvalue weighted by molar-refractivity contribution is -0.0835. The van der Waals surface area contributed by atoms with Gasteiger partial charge in [0, 0.05) is 19.0 Å². The Labute approximate surface area is 148 Å². The molecule has 0 bridgehead atoms. The van der Waals surface area contributed by atoms with Gasteiger partial charge in [-0.3, -0.25) is 4.57 Å². The maximum Gasteiger partial charge on any atom is 0.349 e. The van der Waals surface area contributed by atoms with E-state index in [4.69, 9.17) is 21.6 Å². The molecular weight excluding hydrogens is 335 g/mol. The van der Waals surface area contributed by atoms with Crippen LogP contribution in [-0.2, 0) is 18.9 Å². The lowest BCUT2D eigenvalue weighted by atomic mass is 10.1. The third kappa shape index (κ3) is 4.81. The molecule has 24 heavy (non-hydrogen) atoms. The van der Waals surface area contributed by atoms with Gasteiger partial charge in [-0.15, -0.1) is 0 Å². The van der Waals surface area contributed by atoms with Crippen molar-refractivity contribution in [2.45, 2.75) is 31.5 Å². The Hall–Kier alpha value is -0.905. The Balaban J connectivity index is 2.08. The highest BCUT2D eigenvalue weighted by Crippen LogP contribution is 2.31. The van der Waals surface area contributed by atoms with Gasteiger partial charge in [0.05, 0.1) is 25.8 Å². The minimum Gasteiger partial charge on any atom is -0.387 e. The quantitative estimate of drug-likeness (QED) is 0.326. The number of rotatable bonds is 10. The summed E-state index contributed by atoms with van der Waals surface area (Å²) in [6, 6.07) is 1.67. The van der Waals surface area contributed by atoms with E-state index in [9.17, 15) is 9.90 Å². The highest BCUT2D eigenvalue weighted by molar-refractivity contribution is 8.19. The molecule has 0 saturated carbocycles. The molecule has 8 nitrogen and oxygen atoms in total. The lowest BCUT2D eigenvalue weighted by Gasteiger charge is -2.22. The summed E-state index contributed by atoms with van der Waals surface area (Å²) < 4.78 is 37.3. The van der Waals surface area contributed by atoms with Crippen LogP contribution in [0, 0.1) is 6.92 Å². The standard InChI is InChI=1S/C14H23BN2O6S/c1-9-3-4-17(14(19)16-9)13-12(22-6-5-20-2)11(18)10(23-13)7-21-8-24-15/h3-4,10-13,18H,5-8,15H2,1-2H3/t10-,11?,12?,13-/m1/s1/i15TD. The zero-order valence-corrected chi connectivity index (χ0v) is 14.5. The van der Waals surface area contributed by atoms with Crippen molar-refractivity contribution >= 4 is 18.7 Å². The first-order valence-electron chi connectivity index (χ1n) is 8.63. The second-order valence-corrected chi connectivity index (χ2v) is 5.87.